The molecule has 0 aliphatic rings. The van der Waals surface area contributed by atoms with E-state index in [0.717, 1.165) is 24.3 Å². The summed E-state index contributed by atoms with van der Waals surface area (Å²) in [6.07, 6.45) is 0. The van der Waals surface area contributed by atoms with E-state index in [0.29, 0.717) is 5.88 Å². The molecule has 84 valence electrons. The third-order valence-corrected chi connectivity index (χ3v) is 2.71. The molecule has 0 unspecified atom stereocenters. The van der Waals surface area contributed by atoms with Gasteiger partial charge < -0.3 is 5.32 Å². The van der Waals surface area contributed by atoms with Crippen molar-refractivity contribution in [3.63, 3.8) is 0 Å². The third kappa shape index (κ3) is 2.52. The predicted octanol–water partition coefficient (Wildman–Crippen LogP) is 2.87. The van der Waals surface area contributed by atoms with Crippen LogP contribution in [0.4, 0.5) is 0 Å². The summed E-state index contributed by atoms with van der Waals surface area (Å²) in [6.45, 7) is 3.70. The van der Waals surface area contributed by atoms with Gasteiger partial charge in [0.05, 0.1) is 5.52 Å². The highest BCUT2D eigenvalue weighted by molar-refractivity contribution is 6.18. The average molecular weight is 235 g/mol. The first-order chi connectivity index (χ1) is 7.81. The molecule has 0 aliphatic heterocycles. The highest BCUT2D eigenvalue weighted by Crippen LogP contribution is 2.17. The molecule has 2 aromatic rings. The second-order valence-electron chi connectivity index (χ2n) is 3.81. The van der Waals surface area contributed by atoms with Crippen molar-refractivity contribution in [2.45, 2.75) is 13.5 Å². The lowest BCUT2D eigenvalue weighted by Crippen LogP contribution is -2.16. The van der Waals surface area contributed by atoms with Crippen molar-refractivity contribution in [3.8, 4) is 0 Å². The lowest BCUT2D eigenvalue weighted by atomic mass is 10.1. The number of para-hydroxylation sites is 1. The van der Waals surface area contributed by atoms with Gasteiger partial charge in [-0.15, -0.1) is 11.6 Å². The largest absolute Gasteiger partial charge is 0.311 e. The molecule has 0 amide bonds. The summed E-state index contributed by atoms with van der Waals surface area (Å²) in [5.74, 6) is 0.641. The molecule has 0 saturated carbocycles. The van der Waals surface area contributed by atoms with Gasteiger partial charge in [-0.25, -0.2) is 0 Å². The fraction of sp³-hybridized carbons (Fsp3) is 0.308. The van der Waals surface area contributed by atoms with Gasteiger partial charge in [0, 0.05) is 30.0 Å². The Kier molecular flexibility index (Phi) is 3.75. The summed E-state index contributed by atoms with van der Waals surface area (Å²) < 4.78 is 0. The zero-order valence-electron chi connectivity index (χ0n) is 9.33. The lowest BCUT2D eigenvalue weighted by Gasteiger charge is -2.08. The molecule has 1 heterocycles. The van der Waals surface area contributed by atoms with Crippen molar-refractivity contribution >= 4 is 22.5 Å². The Morgan fingerprint density at radius 3 is 2.94 bits per heavy atom. The van der Waals surface area contributed by atoms with Crippen LogP contribution >= 0.6 is 11.6 Å². The molecular formula is C13H15ClN2. The van der Waals surface area contributed by atoms with Gasteiger partial charge in [0.2, 0.25) is 0 Å². The Labute approximate surface area is 101 Å². The van der Waals surface area contributed by atoms with Crippen LogP contribution in [0.1, 0.15) is 11.3 Å². The summed E-state index contributed by atoms with van der Waals surface area (Å²) in [5.41, 5.74) is 3.40. The van der Waals surface area contributed by atoms with Crippen molar-refractivity contribution in [3.05, 3.63) is 41.6 Å². The minimum Gasteiger partial charge on any atom is -0.311 e. The summed E-state index contributed by atoms with van der Waals surface area (Å²) in [5, 5.41) is 4.53. The summed E-state index contributed by atoms with van der Waals surface area (Å²) in [4.78, 5) is 4.51. The van der Waals surface area contributed by atoms with Gasteiger partial charge in [0.25, 0.3) is 0 Å². The maximum Gasteiger partial charge on any atom is 0.0708 e. The number of alkyl halides is 1. The number of hydrogen-bond acceptors (Lipinski definition) is 2. The number of fused-ring (bicyclic) bond motifs is 1. The van der Waals surface area contributed by atoms with Crippen molar-refractivity contribution in [2.75, 3.05) is 12.4 Å². The molecular weight excluding hydrogens is 220 g/mol. The fourth-order valence-corrected chi connectivity index (χ4v) is 1.96. The van der Waals surface area contributed by atoms with E-state index in [2.05, 4.69) is 22.4 Å². The minimum atomic E-state index is 0.641. The summed E-state index contributed by atoms with van der Waals surface area (Å²) in [7, 11) is 0. The molecule has 0 atom stereocenters. The molecule has 1 aromatic carbocycles. The number of nitrogens with one attached hydrogen (secondary N) is 1. The first kappa shape index (κ1) is 11.4. The normalized spacial score (nSPS) is 10.9. The first-order valence-corrected chi connectivity index (χ1v) is 5.96. The number of hydrogen-bond donors (Lipinski definition) is 1. The smallest absolute Gasteiger partial charge is 0.0708 e. The summed E-state index contributed by atoms with van der Waals surface area (Å²) >= 11 is 5.64. The van der Waals surface area contributed by atoms with Gasteiger partial charge in [0.15, 0.2) is 0 Å². The number of rotatable bonds is 4. The van der Waals surface area contributed by atoms with Crippen LogP contribution in [0.3, 0.4) is 0 Å². The maximum atomic E-state index is 5.64. The maximum absolute atomic E-state index is 5.64. The van der Waals surface area contributed by atoms with Crippen LogP contribution in [-0.4, -0.2) is 17.4 Å². The van der Waals surface area contributed by atoms with Crippen LogP contribution in [0.5, 0.6) is 0 Å². The topological polar surface area (TPSA) is 24.9 Å². The number of nitrogens with zero attached hydrogens (tertiary/aromatic N) is 1. The van der Waals surface area contributed by atoms with Gasteiger partial charge in [-0.05, 0) is 24.6 Å². The second kappa shape index (κ2) is 5.28. The zero-order chi connectivity index (χ0) is 11.4. The standard InChI is InChI=1S/C13H15ClN2/c1-10-8-11(9-15-7-6-14)12-4-2-3-5-13(12)16-10/h2-5,8,15H,6-7,9H2,1H3. The summed E-state index contributed by atoms with van der Waals surface area (Å²) in [6, 6.07) is 10.4. The molecule has 0 spiro atoms. The molecule has 1 aromatic heterocycles. The Morgan fingerprint density at radius 1 is 1.31 bits per heavy atom. The minimum absolute atomic E-state index is 0.641. The number of aryl methyl sites for hydroxylation is 1. The molecule has 0 bridgehead atoms. The van der Waals surface area contributed by atoms with Crippen LogP contribution in [0.2, 0.25) is 0 Å². The molecule has 3 heteroatoms. The second-order valence-corrected chi connectivity index (χ2v) is 4.18. The Balaban J connectivity index is 2.34. The SMILES string of the molecule is Cc1cc(CNCCCl)c2ccccc2n1. The van der Waals surface area contributed by atoms with Crippen LogP contribution in [0.15, 0.2) is 30.3 Å². The monoisotopic (exact) mass is 234 g/mol. The van der Waals surface area contributed by atoms with Gasteiger partial charge in [-0.2, -0.15) is 0 Å². The van der Waals surface area contributed by atoms with E-state index in [1.807, 2.05) is 25.1 Å². The van der Waals surface area contributed by atoms with Crippen molar-refractivity contribution in [2.24, 2.45) is 0 Å². The Morgan fingerprint density at radius 2 is 2.12 bits per heavy atom. The van der Waals surface area contributed by atoms with Crippen LogP contribution in [-0.2, 0) is 6.54 Å². The van der Waals surface area contributed by atoms with Crippen LogP contribution in [0.25, 0.3) is 10.9 Å². The highest BCUT2D eigenvalue weighted by atomic mass is 35.5. The number of aromatic nitrogens is 1. The van der Waals surface area contributed by atoms with Crippen molar-refractivity contribution in [1.29, 1.82) is 0 Å². The van der Waals surface area contributed by atoms with E-state index >= 15 is 0 Å². The first-order valence-electron chi connectivity index (χ1n) is 5.43. The molecule has 2 rings (SSSR count). The highest BCUT2D eigenvalue weighted by Gasteiger charge is 2.02. The Hall–Kier alpha value is -1.12. The molecule has 2 nitrogen and oxygen atoms in total. The van der Waals surface area contributed by atoms with E-state index in [1.54, 1.807) is 0 Å². The molecule has 1 N–H and O–H groups in total. The quantitative estimate of drug-likeness (QED) is 0.650. The van der Waals surface area contributed by atoms with Gasteiger partial charge in [0.1, 0.15) is 0 Å². The molecule has 0 radical (unpaired) electrons. The van der Waals surface area contributed by atoms with E-state index in [1.165, 1.54) is 10.9 Å². The van der Waals surface area contributed by atoms with Gasteiger partial charge >= 0.3 is 0 Å². The van der Waals surface area contributed by atoms with E-state index in [-0.39, 0.29) is 0 Å². The Bertz CT molecular complexity index is 482. The van der Waals surface area contributed by atoms with Crippen molar-refractivity contribution < 1.29 is 0 Å². The lowest BCUT2D eigenvalue weighted by molar-refractivity contribution is 0.733. The van der Waals surface area contributed by atoms with Gasteiger partial charge in [-0.1, -0.05) is 18.2 Å². The number of halogens is 1. The van der Waals surface area contributed by atoms with Crippen molar-refractivity contribution in [1.82, 2.24) is 10.3 Å². The molecule has 0 fully saturated rings. The van der Waals surface area contributed by atoms with Crippen LogP contribution < -0.4 is 5.32 Å². The van der Waals surface area contributed by atoms with Crippen LogP contribution in [0, 0.1) is 6.92 Å². The number of pyridine rings is 1. The van der Waals surface area contributed by atoms with E-state index in [9.17, 15) is 0 Å². The zero-order valence-corrected chi connectivity index (χ0v) is 10.1. The number of benzene rings is 1. The fourth-order valence-electron chi connectivity index (χ4n) is 1.83. The third-order valence-electron chi connectivity index (χ3n) is 2.52. The predicted molar refractivity (Wildman–Crippen MR) is 68.9 cm³/mol. The van der Waals surface area contributed by atoms with Gasteiger partial charge in [-0.3, -0.25) is 4.98 Å². The molecule has 0 saturated heterocycles. The molecule has 16 heavy (non-hydrogen) atoms. The van der Waals surface area contributed by atoms with E-state index in [4.69, 9.17) is 11.6 Å². The van der Waals surface area contributed by atoms with E-state index < -0.39 is 0 Å². The molecule has 0 aliphatic carbocycles. The average Bonchev–Trinajstić information content (AvgIpc) is 2.29.